The van der Waals surface area contributed by atoms with E-state index in [9.17, 15) is 4.79 Å². The number of carbonyl (C=O) groups is 1. The van der Waals surface area contributed by atoms with E-state index in [1.165, 1.54) is 11.3 Å². The van der Waals surface area contributed by atoms with Crippen molar-refractivity contribution in [3.05, 3.63) is 40.9 Å². The smallest absolute Gasteiger partial charge is 0.263 e. The summed E-state index contributed by atoms with van der Waals surface area (Å²) in [6.45, 7) is 3.60. The average molecular weight is 368 g/mol. The van der Waals surface area contributed by atoms with E-state index in [0.29, 0.717) is 0 Å². The van der Waals surface area contributed by atoms with E-state index in [4.69, 9.17) is 0 Å². The molecule has 0 aromatic carbocycles. The van der Waals surface area contributed by atoms with Gasteiger partial charge in [0, 0.05) is 57.3 Å². The van der Waals surface area contributed by atoms with Crippen molar-refractivity contribution in [2.24, 2.45) is 0 Å². The molecule has 3 aromatic rings. The Morgan fingerprint density at radius 1 is 1.23 bits per heavy atom. The van der Waals surface area contributed by atoms with Crippen molar-refractivity contribution in [3.63, 3.8) is 0 Å². The minimum absolute atomic E-state index is 0.0149. The molecule has 1 aliphatic heterocycles. The number of anilines is 1. The number of hydrogen-bond donors (Lipinski definition) is 0. The second kappa shape index (κ2) is 6.60. The summed E-state index contributed by atoms with van der Waals surface area (Å²) in [5.41, 5.74) is 1.89. The third-order valence-electron chi connectivity index (χ3n) is 4.65. The fraction of sp³-hybridized carbons (Fsp3) is 0.389. The van der Waals surface area contributed by atoms with Crippen LogP contribution in [0.25, 0.3) is 10.3 Å². The molecule has 0 radical (unpaired) electrons. The van der Waals surface area contributed by atoms with E-state index >= 15 is 0 Å². The topological polar surface area (TPSA) is 75.1 Å². The van der Waals surface area contributed by atoms with Gasteiger partial charge in [-0.1, -0.05) is 0 Å². The monoisotopic (exact) mass is 368 g/mol. The summed E-state index contributed by atoms with van der Waals surface area (Å²) >= 11 is 1.44. The van der Waals surface area contributed by atoms with Gasteiger partial charge in [-0.15, -0.1) is 11.3 Å². The Morgan fingerprint density at radius 3 is 2.81 bits per heavy atom. The summed E-state index contributed by atoms with van der Waals surface area (Å²) in [6, 6.07) is 1.94. The summed E-state index contributed by atoms with van der Waals surface area (Å²) in [5.74, 6) is 1.95. The molecule has 0 bridgehead atoms. The Hall–Kier alpha value is -2.61. The molecular weight excluding hydrogens is 348 g/mol. The van der Waals surface area contributed by atoms with Gasteiger partial charge in [0.25, 0.3) is 5.91 Å². The van der Waals surface area contributed by atoms with Gasteiger partial charge in [-0.05, 0) is 19.4 Å². The number of carbonyl (C=O) groups excluding carboxylic acids is 1. The first-order chi connectivity index (χ1) is 12.5. The first kappa shape index (κ1) is 16.8. The second-order valence-electron chi connectivity index (χ2n) is 6.65. The van der Waals surface area contributed by atoms with Crippen molar-refractivity contribution in [2.75, 3.05) is 32.1 Å². The van der Waals surface area contributed by atoms with Crippen molar-refractivity contribution in [3.8, 4) is 0 Å². The zero-order valence-electron chi connectivity index (χ0n) is 15.0. The molecule has 0 saturated carbocycles. The molecule has 26 heavy (non-hydrogen) atoms. The Labute approximate surface area is 155 Å². The van der Waals surface area contributed by atoms with Gasteiger partial charge in [0.1, 0.15) is 22.0 Å². The van der Waals surface area contributed by atoms with E-state index < -0.39 is 0 Å². The standard InChI is InChI=1S/C18H20N6OS/c1-11-19-6-4-13(22-11)24-9-5-12(10-24)14-15-17(21-8-7-20-15)26-16(14)18(25)23(2)3/h4,6-8,12H,5,9-10H2,1-3H3/t12-/m0/s1. The highest BCUT2D eigenvalue weighted by atomic mass is 32.1. The number of hydrogen-bond acceptors (Lipinski definition) is 7. The number of aryl methyl sites for hydroxylation is 1. The summed E-state index contributed by atoms with van der Waals surface area (Å²) in [4.78, 5) is 35.8. The molecule has 1 amide bonds. The van der Waals surface area contributed by atoms with Gasteiger partial charge in [-0.3, -0.25) is 9.78 Å². The fourth-order valence-electron chi connectivity index (χ4n) is 3.41. The van der Waals surface area contributed by atoms with Crippen molar-refractivity contribution < 1.29 is 4.79 Å². The maximum atomic E-state index is 12.7. The number of fused-ring (bicyclic) bond motifs is 1. The van der Waals surface area contributed by atoms with Crippen LogP contribution in [-0.4, -0.2) is 57.9 Å². The van der Waals surface area contributed by atoms with E-state index in [1.807, 2.05) is 13.0 Å². The third-order valence-corrected chi connectivity index (χ3v) is 5.74. The second-order valence-corrected chi connectivity index (χ2v) is 7.65. The third kappa shape index (κ3) is 2.90. The molecule has 4 rings (SSSR count). The molecule has 3 aromatic heterocycles. The molecule has 1 aliphatic rings. The van der Waals surface area contributed by atoms with E-state index in [2.05, 4.69) is 24.8 Å². The van der Waals surface area contributed by atoms with Crippen molar-refractivity contribution >= 4 is 33.4 Å². The van der Waals surface area contributed by atoms with E-state index in [1.54, 1.807) is 37.6 Å². The van der Waals surface area contributed by atoms with Crippen molar-refractivity contribution in [1.82, 2.24) is 24.8 Å². The van der Waals surface area contributed by atoms with Crippen LogP contribution in [0.15, 0.2) is 24.7 Å². The predicted octanol–water partition coefficient (Wildman–Crippen LogP) is 2.49. The van der Waals surface area contributed by atoms with Gasteiger partial charge in [0.05, 0.1) is 4.88 Å². The Balaban J connectivity index is 1.72. The van der Waals surface area contributed by atoms with Crippen molar-refractivity contribution in [2.45, 2.75) is 19.3 Å². The molecule has 134 valence electrons. The summed E-state index contributed by atoms with van der Waals surface area (Å²) < 4.78 is 0. The lowest BCUT2D eigenvalue weighted by atomic mass is 9.97. The van der Waals surface area contributed by atoms with Crippen LogP contribution in [0, 0.1) is 6.92 Å². The van der Waals surface area contributed by atoms with Crippen LogP contribution < -0.4 is 4.90 Å². The minimum Gasteiger partial charge on any atom is -0.356 e. The highest BCUT2D eigenvalue weighted by molar-refractivity contribution is 7.20. The first-order valence-electron chi connectivity index (χ1n) is 8.54. The molecular formula is C18H20N6OS. The van der Waals surface area contributed by atoms with Crippen LogP contribution in [0.4, 0.5) is 5.82 Å². The maximum absolute atomic E-state index is 12.7. The van der Waals surface area contributed by atoms with Gasteiger partial charge in [-0.25, -0.2) is 15.0 Å². The minimum atomic E-state index is 0.0149. The van der Waals surface area contributed by atoms with Crippen LogP contribution in [-0.2, 0) is 0 Å². The SMILES string of the molecule is Cc1nccc(N2CC[C@H](c3c(C(=O)N(C)C)sc4nccnc34)C2)n1. The van der Waals surface area contributed by atoms with Gasteiger partial charge in [-0.2, -0.15) is 0 Å². The maximum Gasteiger partial charge on any atom is 0.263 e. The van der Waals surface area contributed by atoms with Crippen LogP contribution in [0.3, 0.4) is 0 Å². The molecule has 7 nitrogen and oxygen atoms in total. The van der Waals surface area contributed by atoms with Gasteiger partial charge < -0.3 is 9.80 Å². The van der Waals surface area contributed by atoms with Gasteiger partial charge >= 0.3 is 0 Å². The summed E-state index contributed by atoms with van der Waals surface area (Å²) in [6.07, 6.45) is 6.12. The average Bonchev–Trinajstić information content (AvgIpc) is 3.25. The van der Waals surface area contributed by atoms with Crippen LogP contribution in [0.2, 0.25) is 0 Å². The van der Waals surface area contributed by atoms with Crippen LogP contribution in [0.1, 0.15) is 33.4 Å². The lowest BCUT2D eigenvalue weighted by Crippen LogP contribution is -2.23. The predicted molar refractivity (Wildman–Crippen MR) is 102 cm³/mol. The lowest BCUT2D eigenvalue weighted by molar-refractivity contribution is 0.0831. The molecule has 0 aliphatic carbocycles. The molecule has 1 saturated heterocycles. The van der Waals surface area contributed by atoms with E-state index in [0.717, 1.165) is 51.9 Å². The lowest BCUT2D eigenvalue weighted by Gasteiger charge is -2.18. The molecule has 1 atom stereocenters. The summed E-state index contributed by atoms with van der Waals surface area (Å²) in [5, 5.41) is 0. The molecule has 0 spiro atoms. The molecule has 0 N–H and O–H groups in total. The normalized spacial score (nSPS) is 17.0. The Bertz CT molecular complexity index is 969. The highest BCUT2D eigenvalue weighted by Crippen LogP contribution is 2.39. The number of nitrogens with zero attached hydrogens (tertiary/aromatic N) is 6. The largest absolute Gasteiger partial charge is 0.356 e. The number of rotatable bonds is 3. The number of thiophene rings is 1. The van der Waals surface area contributed by atoms with Crippen LogP contribution >= 0.6 is 11.3 Å². The van der Waals surface area contributed by atoms with Crippen LogP contribution in [0.5, 0.6) is 0 Å². The quantitative estimate of drug-likeness (QED) is 0.707. The van der Waals surface area contributed by atoms with Gasteiger partial charge in [0.15, 0.2) is 0 Å². The Kier molecular flexibility index (Phi) is 4.28. The van der Waals surface area contributed by atoms with Crippen molar-refractivity contribution in [1.29, 1.82) is 0 Å². The molecule has 8 heteroatoms. The fourth-order valence-corrected chi connectivity index (χ4v) is 4.62. The highest BCUT2D eigenvalue weighted by Gasteiger charge is 2.32. The zero-order chi connectivity index (χ0) is 18.3. The molecule has 1 fully saturated rings. The zero-order valence-corrected chi connectivity index (χ0v) is 15.8. The van der Waals surface area contributed by atoms with E-state index in [-0.39, 0.29) is 11.8 Å². The summed E-state index contributed by atoms with van der Waals surface area (Å²) in [7, 11) is 3.56. The number of amides is 1. The number of aromatic nitrogens is 4. The first-order valence-corrected chi connectivity index (χ1v) is 9.36. The van der Waals surface area contributed by atoms with Gasteiger partial charge in [0.2, 0.25) is 0 Å². The Morgan fingerprint density at radius 2 is 2.04 bits per heavy atom. The molecule has 0 unspecified atom stereocenters. The molecule has 4 heterocycles.